The van der Waals surface area contributed by atoms with Gasteiger partial charge in [-0.15, -0.1) is 0 Å². The van der Waals surface area contributed by atoms with E-state index in [1.165, 1.54) is 27.7 Å². The number of carbonyl (C=O) groups is 1. The third kappa shape index (κ3) is 5.43. The Morgan fingerprint density at radius 1 is 0.769 bits per heavy atom. The number of hydrogen-bond acceptors (Lipinski definition) is 4. The summed E-state index contributed by atoms with van der Waals surface area (Å²) in [6.45, 7) is 4.22. The number of H-pyrrole nitrogens is 1. The molecular weight excluding hydrogens is 519 g/mol. The number of thioether (sulfide) groups is 1. The molecule has 1 aromatic heterocycles. The van der Waals surface area contributed by atoms with Crippen molar-refractivity contribution >= 4 is 46.3 Å². The Bertz CT molecular complexity index is 1400. The SMILES string of the molecule is CCOC(=O)[C@@H](CC)Sc1nc(-c2ccccc2)[nH]c1[P+](c1ccccc1)(c1ccccc1)c1ccccc1. The second-order valence-corrected chi connectivity index (χ2v) is 13.6. The highest BCUT2D eigenvalue weighted by molar-refractivity contribution is 8.04. The van der Waals surface area contributed by atoms with Gasteiger partial charge in [-0.1, -0.05) is 104 Å². The summed E-state index contributed by atoms with van der Waals surface area (Å²) in [5.74, 6) is 0.585. The van der Waals surface area contributed by atoms with E-state index in [-0.39, 0.29) is 11.2 Å². The second-order valence-electron chi connectivity index (χ2n) is 9.05. The minimum Gasteiger partial charge on any atom is -0.465 e. The molecule has 0 spiro atoms. The second kappa shape index (κ2) is 12.5. The Kier molecular flexibility index (Phi) is 8.61. The summed E-state index contributed by atoms with van der Waals surface area (Å²) in [5.41, 5.74) is 2.04. The van der Waals surface area contributed by atoms with Crippen LogP contribution in [0, 0.1) is 0 Å². The summed E-state index contributed by atoms with van der Waals surface area (Å²) in [7, 11) is -2.45. The number of nitrogens with zero attached hydrogens (tertiary/aromatic N) is 1. The molecule has 1 heterocycles. The van der Waals surface area contributed by atoms with Gasteiger partial charge in [-0.25, -0.2) is 4.98 Å². The van der Waals surface area contributed by atoms with Crippen molar-refractivity contribution in [3.05, 3.63) is 121 Å². The fraction of sp³-hybridized carbons (Fsp3) is 0.152. The maximum absolute atomic E-state index is 13.0. The smallest absolute Gasteiger partial charge is 0.319 e. The molecule has 4 aromatic carbocycles. The molecule has 196 valence electrons. The molecule has 0 saturated carbocycles. The van der Waals surface area contributed by atoms with Gasteiger partial charge in [0.15, 0.2) is 12.3 Å². The largest absolute Gasteiger partial charge is 0.465 e. The van der Waals surface area contributed by atoms with E-state index in [0.29, 0.717) is 13.0 Å². The molecule has 0 amide bonds. The molecule has 1 N–H and O–H groups in total. The van der Waals surface area contributed by atoms with E-state index in [4.69, 9.17) is 9.72 Å². The summed E-state index contributed by atoms with van der Waals surface area (Å²) >= 11 is 1.50. The fourth-order valence-electron chi connectivity index (χ4n) is 4.85. The first-order valence-corrected chi connectivity index (χ1v) is 15.9. The third-order valence-corrected chi connectivity index (χ3v) is 12.3. The average molecular weight is 552 g/mol. The van der Waals surface area contributed by atoms with Crippen LogP contribution in [0.5, 0.6) is 0 Å². The predicted molar refractivity (Wildman–Crippen MR) is 165 cm³/mol. The zero-order valence-electron chi connectivity index (χ0n) is 22.2. The first-order valence-electron chi connectivity index (χ1n) is 13.2. The molecule has 0 saturated heterocycles. The van der Waals surface area contributed by atoms with Crippen molar-refractivity contribution in [1.29, 1.82) is 0 Å². The number of benzene rings is 4. The molecule has 0 unspecified atom stereocenters. The third-order valence-electron chi connectivity index (χ3n) is 6.64. The number of imidazole rings is 1. The lowest BCUT2D eigenvalue weighted by atomic mass is 10.2. The quantitative estimate of drug-likeness (QED) is 0.129. The van der Waals surface area contributed by atoms with Crippen LogP contribution in [0.1, 0.15) is 20.3 Å². The topological polar surface area (TPSA) is 55.0 Å². The van der Waals surface area contributed by atoms with E-state index < -0.39 is 7.26 Å². The molecule has 1 atom stereocenters. The van der Waals surface area contributed by atoms with Crippen LogP contribution < -0.4 is 21.3 Å². The lowest BCUT2D eigenvalue weighted by Crippen LogP contribution is -2.40. The van der Waals surface area contributed by atoms with Crippen LogP contribution in [0.3, 0.4) is 0 Å². The molecule has 5 rings (SSSR count). The Balaban J connectivity index is 1.84. The fourth-order valence-corrected chi connectivity index (χ4v) is 10.5. The summed E-state index contributed by atoms with van der Waals surface area (Å²) < 4.78 is 5.45. The van der Waals surface area contributed by atoms with Crippen LogP contribution in [-0.2, 0) is 9.53 Å². The molecule has 39 heavy (non-hydrogen) atoms. The van der Waals surface area contributed by atoms with Crippen LogP contribution in [0.2, 0.25) is 0 Å². The molecule has 0 radical (unpaired) electrons. The zero-order valence-corrected chi connectivity index (χ0v) is 23.9. The summed E-state index contributed by atoms with van der Waals surface area (Å²) in [6, 6.07) is 42.2. The minimum atomic E-state index is -2.45. The molecule has 4 nitrogen and oxygen atoms in total. The number of nitrogens with one attached hydrogen (secondary N) is 1. The van der Waals surface area contributed by atoms with E-state index in [1.807, 2.05) is 32.0 Å². The molecular formula is C33H32N2O2PS+. The maximum Gasteiger partial charge on any atom is 0.319 e. The van der Waals surface area contributed by atoms with Crippen molar-refractivity contribution in [3.8, 4) is 11.4 Å². The van der Waals surface area contributed by atoms with Gasteiger partial charge in [0.05, 0.1) is 6.61 Å². The van der Waals surface area contributed by atoms with Gasteiger partial charge in [0.25, 0.3) is 0 Å². The molecule has 0 fully saturated rings. The molecule has 0 aliphatic heterocycles. The summed E-state index contributed by atoms with van der Waals surface area (Å²) in [4.78, 5) is 21.9. The molecule has 5 aromatic rings. The highest BCUT2D eigenvalue weighted by Gasteiger charge is 2.52. The number of hydrogen-bond donors (Lipinski definition) is 1. The van der Waals surface area contributed by atoms with Crippen molar-refractivity contribution in [2.45, 2.75) is 30.5 Å². The van der Waals surface area contributed by atoms with Crippen LogP contribution in [-0.4, -0.2) is 27.8 Å². The molecule has 6 heteroatoms. The van der Waals surface area contributed by atoms with Gasteiger partial charge in [0.1, 0.15) is 27.0 Å². The van der Waals surface area contributed by atoms with Gasteiger partial charge in [0, 0.05) is 5.56 Å². The Hall–Kier alpha value is -3.66. The molecule has 0 aliphatic rings. The van der Waals surface area contributed by atoms with Gasteiger partial charge < -0.3 is 9.72 Å². The van der Waals surface area contributed by atoms with Crippen molar-refractivity contribution in [2.24, 2.45) is 0 Å². The van der Waals surface area contributed by atoms with E-state index in [0.717, 1.165) is 21.8 Å². The number of rotatable bonds is 10. The van der Waals surface area contributed by atoms with Gasteiger partial charge >= 0.3 is 5.97 Å². The van der Waals surface area contributed by atoms with E-state index in [1.54, 1.807) is 0 Å². The summed E-state index contributed by atoms with van der Waals surface area (Å²) in [6.07, 6.45) is 0.643. The Labute approximate surface area is 235 Å². The normalized spacial score (nSPS) is 12.2. The molecule has 0 bridgehead atoms. The Morgan fingerprint density at radius 2 is 1.23 bits per heavy atom. The highest BCUT2D eigenvalue weighted by atomic mass is 32.2. The lowest BCUT2D eigenvalue weighted by molar-refractivity contribution is -0.142. The van der Waals surface area contributed by atoms with Crippen molar-refractivity contribution in [1.82, 2.24) is 9.97 Å². The minimum absolute atomic E-state index is 0.205. The monoisotopic (exact) mass is 551 g/mol. The Morgan fingerprint density at radius 3 is 1.67 bits per heavy atom. The van der Waals surface area contributed by atoms with Crippen molar-refractivity contribution in [3.63, 3.8) is 0 Å². The van der Waals surface area contributed by atoms with Crippen LogP contribution >= 0.6 is 19.0 Å². The zero-order chi connectivity index (χ0) is 27.1. The molecule has 0 aliphatic carbocycles. The van der Waals surface area contributed by atoms with Crippen molar-refractivity contribution in [2.75, 3.05) is 6.61 Å². The number of aromatic nitrogens is 2. The van der Waals surface area contributed by atoms with E-state index >= 15 is 0 Å². The first-order chi connectivity index (χ1) is 19.2. The van der Waals surface area contributed by atoms with Gasteiger partial charge in [-0.2, -0.15) is 0 Å². The van der Waals surface area contributed by atoms with E-state index in [2.05, 4.69) is 108 Å². The van der Waals surface area contributed by atoms with Crippen LogP contribution in [0.15, 0.2) is 126 Å². The number of esters is 1. The van der Waals surface area contributed by atoms with E-state index in [9.17, 15) is 4.79 Å². The number of aromatic amines is 1. The van der Waals surface area contributed by atoms with Gasteiger partial charge in [0.2, 0.25) is 5.44 Å². The highest BCUT2D eigenvalue weighted by Crippen LogP contribution is 2.55. The predicted octanol–water partition coefficient (Wildman–Crippen LogP) is 6.13. The van der Waals surface area contributed by atoms with Crippen LogP contribution in [0.4, 0.5) is 0 Å². The first kappa shape index (κ1) is 26.9. The number of carbonyl (C=O) groups excluding carboxylic acids is 1. The van der Waals surface area contributed by atoms with Gasteiger partial charge in [-0.3, -0.25) is 4.79 Å². The maximum atomic E-state index is 13.0. The van der Waals surface area contributed by atoms with Gasteiger partial charge in [-0.05, 0) is 49.7 Å². The number of ether oxygens (including phenoxy) is 1. The van der Waals surface area contributed by atoms with Crippen LogP contribution in [0.25, 0.3) is 11.4 Å². The summed E-state index contributed by atoms with van der Waals surface area (Å²) in [5, 5.41) is 4.13. The van der Waals surface area contributed by atoms with Crippen molar-refractivity contribution < 1.29 is 9.53 Å². The standard InChI is InChI=1S/C33H32N2O2PS/c1-3-29(33(36)37-4-2)39-32-31(34-30(35-32)25-17-9-5-10-18-25)38(26-19-11-6-12-20-26,27-21-13-7-14-22-27)28-23-15-8-16-24-28/h5-24,29H,3-4H2,1-2H3,(H,34,35)/q+1/t29-/m1/s1. The lowest BCUT2D eigenvalue weighted by Gasteiger charge is -2.27. The average Bonchev–Trinajstić information content (AvgIpc) is 3.42.